The minimum atomic E-state index is -0.335. The number of carbonyl (C=O) groups is 1. The number of hydrogen-bond donors (Lipinski definition) is 0. The Morgan fingerprint density at radius 3 is 3.18 bits per heavy atom. The second-order valence-electron chi connectivity index (χ2n) is 7.75. The van der Waals surface area contributed by atoms with Gasteiger partial charge in [0.15, 0.2) is 0 Å². The summed E-state index contributed by atoms with van der Waals surface area (Å²) < 4.78 is 12.2. The molecule has 7 heteroatoms. The van der Waals surface area contributed by atoms with Gasteiger partial charge in [0.1, 0.15) is 18.0 Å². The number of amides is 1. The van der Waals surface area contributed by atoms with Gasteiger partial charge < -0.3 is 14.4 Å². The number of pyridine rings is 1. The Hall–Kier alpha value is -2.25. The second-order valence-corrected chi connectivity index (χ2v) is 8.81. The Balaban J connectivity index is 1.32. The van der Waals surface area contributed by atoms with Crippen LogP contribution in [0, 0.1) is 12.8 Å². The summed E-state index contributed by atoms with van der Waals surface area (Å²) in [5.41, 5.74) is 0.508. The van der Waals surface area contributed by atoms with Crippen molar-refractivity contribution in [2.24, 2.45) is 5.92 Å². The molecular formula is C21H25N3O3S. The van der Waals surface area contributed by atoms with Crippen molar-refractivity contribution in [3.05, 3.63) is 46.7 Å². The molecule has 2 aromatic heterocycles. The molecule has 0 aromatic carbocycles. The molecule has 1 amide bonds. The highest BCUT2D eigenvalue weighted by molar-refractivity contribution is 7.09. The van der Waals surface area contributed by atoms with Gasteiger partial charge in [0.2, 0.25) is 5.91 Å². The molecule has 2 aliphatic rings. The Labute approximate surface area is 169 Å². The predicted molar refractivity (Wildman–Crippen MR) is 108 cm³/mol. The topological polar surface area (TPSA) is 64.6 Å². The Morgan fingerprint density at radius 1 is 1.54 bits per heavy atom. The second kappa shape index (κ2) is 8.01. The highest BCUT2D eigenvalue weighted by Crippen LogP contribution is 2.39. The van der Waals surface area contributed by atoms with Crippen molar-refractivity contribution < 1.29 is 14.3 Å². The molecule has 28 heavy (non-hydrogen) atoms. The predicted octanol–water partition coefficient (Wildman–Crippen LogP) is 3.33. The van der Waals surface area contributed by atoms with Crippen molar-refractivity contribution in [2.45, 2.75) is 38.4 Å². The fraction of sp³-hybridized carbons (Fsp3) is 0.476. The van der Waals surface area contributed by atoms with E-state index in [1.54, 1.807) is 35.9 Å². The molecule has 4 rings (SSSR count). The minimum absolute atomic E-state index is 0.0457. The largest absolute Gasteiger partial charge is 0.489 e. The number of ether oxygens (including phenoxy) is 2. The molecule has 4 heterocycles. The Bertz CT molecular complexity index is 854. The molecule has 0 N–H and O–H groups in total. The third kappa shape index (κ3) is 4.42. The molecule has 2 aromatic rings. The molecule has 6 nitrogen and oxygen atoms in total. The first-order valence-corrected chi connectivity index (χ1v) is 10.5. The number of aromatic nitrogens is 2. The normalized spacial score (nSPS) is 27.1. The maximum atomic E-state index is 12.6. The summed E-state index contributed by atoms with van der Waals surface area (Å²) >= 11 is 1.59. The van der Waals surface area contributed by atoms with Gasteiger partial charge in [0, 0.05) is 36.7 Å². The zero-order chi connectivity index (χ0) is 19.6. The molecular weight excluding hydrogens is 374 g/mol. The van der Waals surface area contributed by atoms with Crippen molar-refractivity contribution in [1.29, 1.82) is 0 Å². The summed E-state index contributed by atoms with van der Waals surface area (Å²) in [4.78, 5) is 22.9. The lowest BCUT2D eigenvalue weighted by molar-refractivity contribution is -0.129. The van der Waals surface area contributed by atoms with Crippen molar-refractivity contribution in [2.75, 3.05) is 19.7 Å². The number of aryl methyl sites for hydroxylation is 1. The summed E-state index contributed by atoms with van der Waals surface area (Å²) in [6, 6.07) is 3.76. The van der Waals surface area contributed by atoms with Gasteiger partial charge in [-0.2, -0.15) is 0 Å². The Morgan fingerprint density at radius 2 is 2.43 bits per heavy atom. The van der Waals surface area contributed by atoms with Gasteiger partial charge >= 0.3 is 0 Å². The van der Waals surface area contributed by atoms with Crippen LogP contribution in [0.2, 0.25) is 0 Å². The molecule has 0 unspecified atom stereocenters. The average molecular weight is 400 g/mol. The van der Waals surface area contributed by atoms with Gasteiger partial charge in [-0.1, -0.05) is 0 Å². The fourth-order valence-electron chi connectivity index (χ4n) is 4.01. The van der Waals surface area contributed by atoms with Crippen molar-refractivity contribution in [3.63, 3.8) is 0 Å². The van der Waals surface area contributed by atoms with E-state index in [-0.39, 0.29) is 17.6 Å². The van der Waals surface area contributed by atoms with E-state index in [1.165, 1.54) is 0 Å². The van der Waals surface area contributed by atoms with E-state index in [0.717, 1.165) is 42.4 Å². The van der Waals surface area contributed by atoms with Gasteiger partial charge in [-0.25, -0.2) is 4.98 Å². The van der Waals surface area contributed by atoms with Crippen LogP contribution in [0.1, 0.15) is 30.5 Å². The van der Waals surface area contributed by atoms with E-state index in [0.29, 0.717) is 12.5 Å². The highest BCUT2D eigenvalue weighted by atomic mass is 32.1. The maximum absolute atomic E-state index is 12.6. The molecule has 148 valence electrons. The molecule has 0 spiro atoms. The van der Waals surface area contributed by atoms with Crippen LogP contribution < -0.4 is 4.74 Å². The molecule has 0 bridgehead atoms. The van der Waals surface area contributed by atoms with Crippen LogP contribution in [0.25, 0.3) is 6.08 Å². The lowest BCUT2D eigenvalue weighted by Crippen LogP contribution is -2.43. The molecule has 0 saturated carbocycles. The van der Waals surface area contributed by atoms with Gasteiger partial charge in [-0.05, 0) is 44.9 Å². The number of fused-ring (bicyclic) bond motifs is 1. The molecule has 0 aliphatic carbocycles. The van der Waals surface area contributed by atoms with Crippen LogP contribution in [0.15, 0.2) is 36.0 Å². The Kier molecular flexibility index (Phi) is 5.46. The van der Waals surface area contributed by atoms with Crippen LogP contribution in [-0.4, -0.2) is 52.2 Å². The number of thiazole rings is 1. The monoisotopic (exact) mass is 399 g/mol. The lowest BCUT2D eigenvalue weighted by atomic mass is 9.89. The van der Waals surface area contributed by atoms with Crippen LogP contribution in [-0.2, 0) is 9.53 Å². The van der Waals surface area contributed by atoms with E-state index in [2.05, 4.69) is 16.9 Å². The number of hydrogen-bond acceptors (Lipinski definition) is 6. The molecule has 0 radical (unpaired) electrons. The number of likely N-dealkylation sites (tertiary alicyclic amines) is 1. The zero-order valence-corrected chi connectivity index (χ0v) is 17.0. The number of nitrogens with zero attached hydrogens (tertiary/aromatic N) is 3. The SMILES string of the molecule is Cc1nc(/C=C/C(=O)N2CC[C@@H]3O[C@@](C)(COc4cccnc4)C[C@@H]3C2)cs1. The number of rotatable bonds is 5. The molecule has 2 aliphatic heterocycles. The van der Waals surface area contributed by atoms with Crippen LogP contribution in [0.4, 0.5) is 0 Å². The average Bonchev–Trinajstić information content (AvgIpc) is 3.27. The maximum Gasteiger partial charge on any atom is 0.246 e. The highest BCUT2D eigenvalue weighted by Gasteiger charge is 2.46. The first-order chi connectivity index (χ1) is 13.5. The fourth-order valence-corrected chi connectivity index (χ4v) is 4.59. The smallest absolute Gasteiger partial charge is 0.246 e. The summed E-state index contributed by atoms with van der Waals surface area (Å²) in [5, 5.41) is 2.97. The van der Waals surface area contributed by atoms with E-state index >= 15 is 0 Å². The summed E-state index contributed by atoms with van der Waals surface area (Å²) in [7, 11) is 0. The van der Waals surface area contributed by atoms with E-state index in [9.17, 15) is 4.79 Å². The number of piperidine rings is 1. The summed E-state index contributed by atoms with van der Waals surface area (Å²) in [6.45, 7) is 6.00. The number of carbonyl (C=O) groups excluding carboxylic acids is 1. The standard InChI is InChI=1S/C21H25N3O3S/c1-15-23-17(13-28-15)5-6-20(25)24-9-7-19-16(12-24)10-21(2,27-19)14-26-18-4-3-8-22-11-18/h3-6,8,11,13,16,19H,7,9-10,12,14H2,1-2H3/b6-5+/t16-,19+,21-/m1/s1. The van der Waals surface area contributed by atoms with Gasteiger partial charge in [-0.3, -0.25) is 9.78 Å². The zero-order valence-electron chi connectivity index (χ0n) is 16.2. The van der Waals surface area contributed by atoms with E-state index < -0.39 is 0 Å². The molecule has 2 fully saturated rings. The van der Waals surface area contributed by atoms with E-state index in [4.69, 9.17) is 9.47 Å². The first-order valence-electron chi connectivity index (χ1n) is 9.60. The first kappa shape index (κ1) is 19.1. The van der Waals surface area contributed by atoms with Crippen molar-refractivity contribution in [1.82, 2.24) is 14.9 Å². The summed E-state index contributed by atoms with van der Waals surface area (Å²) in [6.07, 6.45) is 8.81. The van der Waals surface area contributed by atoms with E-state index in [1.807, 2.05) is 29.3 Å². The van der Waals surface area contributed by atoms with Crippen molar-refractivity contribution in [3.8, 4) is 5.75 Å². The third-order valence-corrected chi connectivity index (χ3v) is 6.11. The van der Waals surface area contributed by atoms with Crippen LogP contribution in [0.3, 0.4) is 0 Å². The molecule has 3 atom stereocenters. The quantitative estimate of drug-likeness (QED) is 0.722. The summed E-state index contributed by atoms with van der Waals surface area (Å²) in [5.74, 6) is 1.14. The third-order valence-electron chi connectivity index (χ3n) is 5.32. The van der Waals surface area contributed by atoms with Crippen LogP contribution >= 0.6 is 11.3 Å². The molecule has 2 saturated heterocycles. The minimum Gasteiger partial charge on any atom is -0.489 e. The van der Waals surface area contributed by atoms with Crippen LogP contribution in [0.5, 0.6) is 5.75 Å². The van der Waals surface area contributed by atoms with Crippen molar-refractivity contribution >= 4 is 23.3 Å². The lowest BCUT2D eigenvalue weighted by Gasteiger charge is -2.33. The van der Waals surface area contributed by atoms with Gasteiger partial charge in [0.25, 0.3) is 0 Å². The van der Waals surface area contributed by atoms with Gasteiger partial charge in [-0.15, -0.1) is 11.3 Å². The van der Waals surface area contributed by atoms with Gasteiger partial charge in [0.05, 0.1) is 23.0 Å².